The molecule has 8 nitrogen and oxygen atoms in total. The van der Waals surface area contributed by atoms with Gasteiger partial charge in [0.1, 0.15) is 5.75 Å². The number of methoxy groups -OCH3 is 2. The summed E-state index contributed by atoms with van der Waals surface area (Å²) < 4.78 is 9.88. The van der Waals surface area contributed by atoms with Gasteiger partial charge in [0.05, 0.1) is 31.5 Å². The number of likely N-dealkylation sites (tertiary alicyclic amines) is 1. The number of nitriles is 1. The van der Waals surface area contributed by atoms with Gasteiger partial charge in [0, 0.05) is 19.1 Å². The Morgan fingerprint density at radius 2 is 2.17 bits per heavy atom. The van der Waals surface area contributed by atoms with E-state index in [2.05, 4.69) is 10.6 Å². The first-order valence-electron chi connectivity index (χ1n) is 7.56. The highest BCUT2D eigenvalue weighted by molar-refractivity contribution is 5.91. The van der Waals surface area contributed by atoms with E-state index in [0.717, 1.165) is 12.8 Å². The van der Waals surface area contributed by atoms with Crippen LogP contribution in [0.4, 0.5) is 15.3 Å². The van der Waals surface area contributed by atoms with Gasteiger partial charge < -0.3 is 25.0 Å². The number of carbonyl (C=O) groups is 2. The molecule has 24 heavy (non-hydrogen) atoms. The van der Waals surface area contributed by atoms with Crippen LogP contribution in [0.5, 0.6) is 5.75 Å². The predicted octanol–water partition coefficient (Wildman–Crippen LogP) is 1.92. The Morgan fingerprint density at radius 3 is 2.83 bits per heavy atom. The SMILES string of the molecule is COC(=O)N1CCC[C@H](NC(=O)Nc2cc(C#N)ccc2OC)C1. The van der Waals surface area contributed by atoms with Crippen LogP contribution in [0.15, 0.2) is 18.2 Å². The molecule has 0 aliphatic carbocycles. The molecule has 128 valence electrons. The fourth-order valence-corrected chi connectivity index (χ4v) is 2.61. The van der Waals surface area contributed by atoms with E-state index in [9.17, 15) is 9.59 Å². The number of hydrogen-bond donors (Lipinski definition) is 2. The van der Waals surface area contributed by atoms with Crippen molar-refractivity contribution in [2.45, 2.75) is 18.9 Å². The third-order valence-corrected chi connectivity index (χ3v) is 3.77. The van der Waals surface area contributed by atoms with Gasteiger partial charge in [-0.15, -0.1) is 0 Å². The standard InChI is InChI=1S/C16H20N4O4/c1-23-14-6-5-11(9-17)8-13(14)19-15(21)18-12-4-3-7-20(10-12)16(22)24-2/h5-6,8,12H,3-4,7,10H2,1-2H3,(H2,18,19,21)/t12-/m0/s1. The molecule has 0 radical (unpaired) electrons. The van der Waals surface area contributed by atoms with Crippen molar-refractivity contribution < 1.29 is 19.1 Å². The summed E-state index contributed by atoms with van der Waals surface area (Å²) in [5, 5.41) is 14.5. The average molecular weight is 332 g/mol. The molecule has 1 saturated heterocycles. The first kappa shape index (κ1) is 17.4. The van der Waals surface area contributed by atoms with Gasteiger partial charge in [-0.2, -0.15) is 5.26 Å². The minimum Gasteiger partial charge on any atom is -0.495 e. The number of ether oxygens (including phenoxy) is 2. The Labute approximate surface area is 140 Å². The number of nitrogens with one attached hydrogen (secondary N) is 2. The second-order valence-corrected chi connectivity index (χ2v) is 5.38. The molecule has 1 heterocycles. The fourth-order valence-electron chi connectivity index (χ4n) is 2.61. The van der Waals surface area contributed by atoms with E-state index in [1.54, 1.807) is 23.1 Å². The number of urea groups is 1. The molecule has 1 aliphatic rings. The van der Waals surface area contributed by atoms with Crippen molar-refractivity contribution in [1.82, 2.24) is 10.2 Å². The Bertz CT molecular complexity index is 656. The van der Waals surface area contributed by atoms with Gasteiger partial charge >= 0.3 is 12.1 Å². The molecule has 0 aromatic heterocycles. The molecule has 0 spiro atoms. The second kappa shape index (κ2) is 8.06. The molecule has 1 aromatic rings. The molecule has 3 amide bonds. The van der Waals surface area contributed by atoms with E-state index in [4.69, 9.17) is 14.7 Å². The fraction of sp³-hybridized carbons (Fsp3) is 0.438. The summed E-state index contributed by atoms with van der Waals surface area (Å²) in [5.41, 5.74) is 0.829. The average Bonchev–Trinajstić information content (AvgIpc) is 2.61. The minimum atomic E-state index is -0.417. The summed E-state index contributed by atoms with van der Waals surface area (Å²) in [6.07, 6.45) is 1.16. The van der Waals surface area contributed by atoms with Crippen LogP contribution < -0.4 is 15.4 Å². The van der Waals surface area contributed by atoms with Crippen LogP contribution in [0.2, 0.25) is 0 Å². The van der Waals surface area contributed by atoms with Crippen molar-refractivity contribution in [2.75, 3.05) is 32.6 Å². The topological polar surface area (TPSA) is 104 Å². The minimum absolute atomic E-state index is 0.164. The number of anilines is 1. The number of amides is 3. The first-order valence-corrected chi connectivity index (χ1v) is 7.56. The first-order chi connectivity index (χ1) is 11.6. The number of benzene rings is 1. The lowest BCUT2D eigenvalue weighted by Gasteiger charge is -2.32. The van der Waals surface area contributed by atoms with Crippen LogP contribution in [0, 0.1) is 11.3 Å². The van der Waals surface area contributed by atoms with Gasteiger partial charge in [-0.25, -0.2) is 9.59 Å². The highest BCUT2D eigenvalue weighted by Gasteiger charge is 2.25. The molecule has 1 atom stereocenters. The lowest BCUT2D eigenvalue weighted by molar-refractivity contribution is 0.108. The van der Waals surface area contributed by atoms with E-state index in [1.807, 2.05) is 6.07 Å². The molecule has 2 rings (SSSR count). The molecule has 1 fully saturated rings. The lowest BCUT2D eigenvalue weighted by atomic mass is 10.1. The summed E-state index contributed by atoms with van der Waals surface area (Å²) in [6, 6.07) is 6.20. The molecule has 1 aliphatic heterocycles. The Morgan fingerprint density at radius 1 is 1.38 bits per heavy atom. The van der Waals surface area contributed by atoms with Crippen LogP contribution in [0.3, 0.4) is 0 Å². The van der Waals surface area contributed by atoms with Crippen molar-refractivity contribution in [3.8, 4) is 11.8 Å². The monoisotopic (exact) mass is 332 g/mol. The van der Waals surface area contributed by atoms with Crippen LogP contribution in [0.1, 0.15) is 18.4 Å². The molecule has 2 N–H and O–H groups in total. The van der Waals surface area contributed by atoms with E-state index < -0.39 is 12.1 Å². The van der Waals surface area contributed by atoms with E-state index >= 15 is 0 Å². The van der Waals surface area contributed by atoms with Crippen molar-refractivity contribution >= 4 is 17.8 Å². The van der Waals surface area contributed by atoms with Gasteiger partial charge in [-0.05, 0) is 31.0 Å². The molecule has 1 aromatic carbocycles. The normalized spacial score (nSPS) is 16.7. The highest BCUT2D eigenvalue weighted by atomic mass is 16.5. The third-order valence-electron chi connectivity index (χ3n) is 3.77. The summed E-state index contributed by atoms with van der Waals surface area (Å²) in [4.78, 5) is 25.3. The maximum Gasteiger partial charge on any atom is 0.409 e. The van der Waals surface area contributed by atoms with E-state index in [-0.39, 0.29) is 6.04 Å². The van der Waals surface area contributed by atoms with Crippen molar-refractivity contribution in [3.63, 3.8) is 0 Å². The quantitative estimate of drug-likeness (QED) is 0.880. The number of hydrogen-bond acceptors (Lipinski definition) is 5. The van der Waals surface area contributed by atoms with Crippen LogP contribution >= 0.6 is 0 Å². The molecular weight excluding hydrogens is 312 g/mol. The van der Waals surface area contributed by atoms with Gasteiger partial charge in [0.15, 0.2) is 0 Å². The van der Waals surface area contributed by atoms with Gasteiger partial charge in [0.25, 0.3) is 0 Å². The van der Waals surface area contributed by atoms with Gasteiger partial charge in [0.2, 0.25) is 0 Å². The predicted molar refractivity (Wildman–Crippen MR) is 86.9 cm³/mol. The maximum atomic E-state index is 12.2. The zero-order valence-electron chi connectivity index (χ0n) is 13.7. The highest BCUT2D eigenvalue weighted by Crippen LogP contribution is 2.25. The van der Waals surface area contributed by atoms with Crippen molar-refractivity contribution in [1.29, 1.82) is 5.26 Å². The zero-order chi connectivity index (χ0) is 17.5. The Kier molecular flexibility index (Phi) is 5.84. The van der Waals surface area contributed by atoms with Crippen molar-refractivity contribution in [3.05, 3.63) is 23.8 Å². The molecular formula is C16H20N4O4. The Balaban J connectivity index is 1.98. The maximum absolute atomic E-state index is 12.2. The van der Waals surface area contributed by atoms with Crippen LogP contribution in [-0.2, 0) is 4.74 Å². The molecule has 8 heteroatoms. The summed E-state index contributed by atoms with van der Waals surface area (Å²) in [7, 11) is 2.82. The summed E-state index contributed by atoms with van der Waals surface area (Å²) in [5.74, 6) is 0.462. The lowest BCUT2D eigenvalue weighted by Crippen LogP contribution is -2.50. The van der Waals surface area contributed by atoms with Gasteiger partial charge in [-0.1, -0.05) is 0 Å². The zero-order valence-corrected chi connectivity index (χ0v) is 13.7. The van der Waals surface area contributed by atoms with Crippen molar-refractivity contribution in [2.24, 2.45) is 0 Å². The van der Waals surface area contributed by atoms with E-state index in [0.29, 0.717) is 30.1 Å². The molecule has 0 saturated carbocycles. The Hall–Kier alpha value is -2.95. The second-order valence-electron chi connectivity index (χ2n) is 5.38. The largest absolute Gasteiger partial charge is 0.495 e. The van der Waals surface area contributed by atoms with Gasteiger partial charge in [-0.3, -0.25) is 0 Å². The molecule has 0 unspecified atom stereocenters. The van der Waals surface area contributed by atoms with E-state index in [1.165, 1.54) is 14.2 Å². The van der Waals surface area contributed by atoms with Crippen LogP contribution in [0.25, 0.3) is 0 Å². The number of piperidine rings is 1. The number of nitrogens with zero attached hydrogens (tertiary/aromatic N) is 2. The number of carbonyl (C=O) groups excluding carboxylic acids is 2. The smallest absolute Gasteiger partial charge is 0.409 e. The summed E-state index contributed by atoms with van der Waals surface area (Å²) in [6.45, 7) is 1.01. The van der Waals surface area contributed by atoms with Crippen LogP contribution in [-0.4, -0.2) is 50.4 Å². The number of rotatable bonds is 3. The molecule has 0 bridgehead atoms. The third kappa shape index (κ3) is 4.29. The summed E-state index contributed by atoms with van der Waals surface area (Å²) >= 11 is 0.